The van der Waals surface area contributed by atoms with E-state index in [4.69, 9.17) is 0 Å². The standard InChI is InChI=1S/C18H22O2/c1-18-9-8-14-13-5-3-12(19)10-11(13)2-4-15(14)16(18)6-7-17(18)20/h3,5,10,14-16,19H,2,4,6-9H2,1H3/t14-,15-,16+,18?/m1/s1. The minimum absolute atomic E-state index is 0.0322. The van der Waals surface area contributed by atoms with Crippen molar-refractivity contribution in [3.63, 3.8) is 0 Å². The molecule has 0 saturated heterocycles. The first-order valence-electron chi connectivity index (χ1n) is 7.95. The van der Waals surface area contributed by atoms with Crippen LogP contribution in [-0.2, 0) is 11.2 Å². The lowest BCUT2D eigenvalue weighted by molar-refractivity contribution is -0.129. The zero-order valence-corrected chi connectivity index (χ0v) is 12.1. The summed E-state index contributed by atoms with van der Waals surface area (Å²) in [5.41, 5.74) is 2.75. The molecule has 0 amide bonds. The summed E-state index contributed by atoms with van der Waals surface area (Å²) >= 11 is 0. The Morgan fingerprint density at radius 3 is 2.90 bits per heavy atom. The average Bonchev–Trinajstić information content (AvgIpc) is 2.74. The maximum atomic E-state index is 12.3. The molecule has 1 aromatic rings. The SMILES string of the molecule is CC12CC[C@@H]3c4ccc(O)cc4CC[C@H]3[C@@H]1CCC2=O. The number of rotatable bonds is 0. The number of benzene rings is 1. The Labute approximate surface area is 120 Å². The third-order valence-electron chi connectivity index (χ3n) is 6.42. The lowest BCUT2D eigenvalue weighted by Crippen LogP contribution is -2.42. The van der Waals surface area contributed by atoms with E-state index in [-0.39, 0.29) is 5.41 Å². The monoisotopic (exact) mass is 270 g/mol. The summed E-state index contributed by atoms with van der Waals surface area (Å²) < 4.78 is 0. The Kier molecular flexibility index (Phi) is 2.55. The molecular weight excluding hydrogens is 248 g/mol. The van der Waals surface area contributed by atoms with E-state index in [1.54, 1.807) is 0 Å². The first kappa shape index (κ1) is 12.4. The number of ketones is 1. The Bertz CT molecular complexity index is 577. The molecule has 1 N–H and O–H groups in total. The predicted molar refractivity (Wildman–Crippen MR) is 77.7 cm³/mol. The highest BCUT2D eigenvalue weighted by Crippen LogP contribution is 2.59. The van der Waals surface area contributed by atoms with Gasteiger partial charge < -0.3 is 5.11 Å². The molecule has 1 unspecified atom stereocenters. The van der Waals surface area contributed by atoms with Crippen molar-refractivity contribution >= 4 is 5.78 Å². The van der Waals surface area contributed by atoms with Crippen LogP contribution in [0, 0.1) is 17.3 Å². The second-order valence-corrected chi connectivity index (χ2v) is 7.22. The highest BCUT2D eigenvalue weighted by molar-refractivity contribution is 5.87. The van der Waals surface area contributed by atoms with E-state index >= 15 is 0 Å². The lowest BCUT2D eigenvalue weighted by atomic mass is 9.55. The Balaban J connectivity index is 1.73. The lowest BCUT2D eigenvalue weighted by Gasteiger charge is -2.48. The van der Waals surface area contributed by atoms with Gasteiger partial charge in [-0.3, -0.25) is 4.79 Å². The second kappa shape index (κ2) is 4.09. The summed E-state index contributed by atoms with van der Waals surface area (Å²) in [6, 6.07) is 5.90. The zero-order chi connectivity index (χ0) is 13.9. The van der Waals surface area contributed by atoms with Crippen LogP contribution in [0.1, 0.15) is 56.1 Å². The number of hydrogen-bond donors (Lipinski definition) is 1. The number of hydrogen-bond acceptors (Lipinski definition) is 2. The van der Waals surface area contributed by atoms with Crippen molar-refractivity contribution in [1.82, 2.24) is 0 Å². The summed E-state index contributed by atoms with van der Waals surface area (Å²) in [7, 11) is 0. The van der Waals surface area contributed by atoms with E-state index in [2.05, 4.69) is 13.0 Å². The molecule has 2 nitrogen and oxygen atoms in total. The Hall–Kier alpha value is -1.31. The van der Waals surface area contributed by atoms with Crippen molar-refractivity contribution < 1.29 is 9.90 Å². The van der Waals surface area contributed by atoms with Gasteiger partial charge in [0, 0.05) is 11.8 Å². The summed E-state index contributed by atoms with van der Waals surface area (Å²) in [6.07, 6.45) is 6.34. The fraction of sp³-hybridized carbons (Fsp3) is 0.611. The molecule has 0 spiro atoms. The number of carbonyl (C=O) groups excluding carboxylic acids is 1. The number of phenols is 1. The largest absolute Gasteiger partial charge is 0.508 e. The zero-order valence-electron chi connectivity index (χ0n) is 12.1. The minimum atomic E-state index is -0.0322. The van der Waals surface area contributed by atoms with Gasteiger partial charge in [-0.1, -0.05) is 13.0 Å². The van der Waals surface area contributed by atoms with E-state index in [0.717, 1.165) is 32.1 Å². The molecule has 2 heteroatoms. The summed E-state index contributed by atoms with van der Waals surface area (Å²) in [6.45, 7) is 2.22. The van der Waals surface area contributed by atoms with Gasteiger partial charge in [-0.15, -0.1) is 0 Å². The maximum absolute atomic E-state index is 12.3. The molecule has 4 rings (SSSR count). The van der Waals surface area contributed by atoms with Gasteiger partial charge >= 0.3 is 0 Å². The van der Waals surface area contributed by atoms with Crippen molar-refractivity contribution in [2.45, 2.75) is 51.4 Å². The Morgan fingerprint density at radius 2 is 2.05 bits per heavy atom. The topological polar surface area (TPSA) is 37.3 Å². The van der Waals surface area contributed by atoms with Crippen molar-refractivity contribution in [1.29, 1.82) is 0 Å². The van der Waals surface area contributed by atoms with E-state index in [1.807, 2.05) is 12.1 Å². The molecule has 2 fully saturated rings. The van der Waals surface area contributed by atoms with Crippen LogP contribution in [0.15, 0.2) is 18.2 Å². The van der Waals surface area contributed by atoms with E-state index < -0.39 is 0 Å². The molecule has 106 valence electrons. The molecule has 0 radical (unpaired) electrons. The molecule has 1 aromatic carbocycles. The predicted octanol–water partition coefficient (Wildman–Crippen LogP) is 3.82. The van der Waals surface area contributed by atoms with Gasteiger partial charge in [0.15, 0.2) is 0 Å². The van der Waals surface area contributed by atoms with Gasteiger partial charge in [-0.25, -0.2) is 0 Å². The van der Waals surface area contributed by atoms with Gasteiger partial charge in [0.25, 0.3) is 0 Å². The van der Waals surface area contributed by atoms with Gasteiger partial charge in [0.2, 0.25) is 0 Å². The normalized spacial score (nSPS) is 39.0. The third kappa shape index (κ3) is 1.54. The molecule has 0 aliphatic heterocycles. The van der Waals surface area contributed by atoms with Crippen LogP contribution in [0.2, 0.25) is 0 Å². The van der Waals surface area contributed by atoms with Crippen LogP contribution < -0.4 is 0 Å². The summed E-state index contributed by atoms with van der Waals surface area (Å²) in [4.78, 5) is 12.3. The van der Waals surface area contributed by atoms with Gasteiger partial charge in [-0.2, -0.15) is 0 Å². The van der Waals surface area contributed by atoms with Crippen molar-refractivity contribution in [3.05, 3.63) is 29.3 Å². The first-order chi connectivity index (χ1) is 9.59. The molecule has 3 aliphatic carbocycles. The van der Waals surface area contributed by atoms with Gasteiger partial charge in [-0.05, 0) is 73.1 Å². The number of phenolic OH excluding ortho intramolecular Hbond substituents is 1. The maximum Gasteiger partial charge on any atom is 0.139 e. The minimum Gasteiger partial charge on any atom is -0.508 e. The van der Waals surface area contributed by atoms with Crippen molar-refractivity contribution in [3.8, 4) is 5.75 Å². The molecule has 2 saturated carbocycles. The molecule has 0 aromatic heterocycles. The molecular formula is C18H22O2. The fourth-order valence-electron chi connectivity index (χ4n) is 5.34. The summed E-state index contributed by atoms with van der Waals surface area (Å²) in [5.74, 6) is 2.78. The first-order valence-corrected chi connectivity index (χ1v) is 7.95. The van der Waals surface area contributed by atoms with Crippen LogP contribution in [0.5, 0.6) is 5.75 Å². The quantitative estimate of drug-likeness (QED) is 0.778. The van der Waals surface area contributed by atoms with E-state index in [9.17, 15) is 9.90 Å². The second-order valence-electron chi connectivity index (χ2n) is 7.22. The highest BCUT2D eigenvalue weighted by Gasteiger charge is 2.54. The number of Topliss-reactive ketones (excluding diaryl/α,β-unsaturated/α-hetero) is 1. The number of aromatic hydroxyl groups is 1. The van der Waals surface area contributed by atoms with Crippen LogP contribution >= 0.6 is 0 Å². The van der Waals surface area contributed by atoms with Crippen LogP contribution in [0.3, 0.4) is 0 Å². The molecule has 0 heterocycles. The van der Waals surface area contributed by atoms with Crippen LogP contribution in [-0.4, -0.2) is 10.9 Å². The van der Waals surface area contributed by atoms with Crippen molar-refractivity contribution in [2.75, 3.05) is 0 Å². The number of carbonyl (C=O) groups is 1. The average molecular weight is 270 g/mol. The molecule has 4 atom stereocenters. The van der Waals surface area contributed by atoms with Crippen LogP contribution in [0.25, 0.3) is 0 Å². The third-order valence-corrected chi connectivity index (χ3v) is 6.42. The highest BCUT2D eigenvalue weighted by atomic mass is 16.3. The molecule has 0 bridgehead atoms. The van der Waals surface area contributed by atoms with Crippen LogP contribution in [0.4, 0.5) is 0 Å². The summed E-state index contributed by atoms with van der Waals surface area (Å²) in [5, 5.41) is 9.67. The molecule has 20 heavy (non-hydrogen) atoms. The van der Waals surface area contributed by atoms with Gasteiger partial charge in [0.05, 0.1) is 0 Å². The van der Waals surface area contributed by atoms with Gasteiger partial charge in [0.1, 0.15) is 11.5 Å². The van der Waals surface area contributed by atoms with E-state index in [0.29, 0.717) is 29.3 Å². The number of aryl methyl sites for hydroxylation is 1. The fourth-order valence-corrected chi connectivity index (χ4v) is 5.34. The number of fused-ring (bicyclic) bond motifs is 5. The van der Waals surface area contributed by atoms with Crippen molar-refractivity contribution in [2.24, 2.45) is 17.3 Å². The van der Waals surface area contributed by atoms with E-state index in [1.165, 1.54) is 17.5 Å². The smallest absolute Gasteiger partial charge is 0.139 e. The Morgan fingerprint density at radius 1 is 1.20 bits per heavy atom. The molecule has 3 aliphatic rings.